The van der Waals surface area contributed by atoms with Crippen LogP contribution in [0, 0.1) is 0 Å². The zero-order chi connectivity index (χ0) is 23.7. The Kier molecular flexibility index (Phi) is 8.46. The molecule has 3 aromatic rings. The highest BCUT2D eigenvalue weighted by Gasteiger charge is 2.14. The van der Waals surface area contributed by atoms with E-state index in [0.717, 1.165) is 0 Å². The van der Waals surface area contributed by atoms with E-state index in [2.05, 4.69) is 25.6 Å². The summed E-state index contributed by atoms with van der Waals surface area (Å²) in [5.74, 6) is -0.0234. The number of sulfonamides is 1. The fourth-order valence-electron chi connectivity index (χ4n) is 2.72. The highest BCUT2D eigenvalue weighted by molar-refractivity contribution is 7.89. The summed E-state index contributed by atoms with van der Waals surface area (Å²) < 4.78 is 31.8. The van der Waals surface area contributed by atoms with Gasteiger partial charge in [0.2, 0.25) is 21.1 Å². The van der Waals surface area contributed by atoms with Gasteiger partial charge in [-0.05, 0) is 30.3 Å². The number of hydrogen-bond donors (Lipinski definition) is 3. The van der Waals surface area contributed by atoms with E-state index in [-0.39, 0.29) is 29.7 Å². The molecule has 33 heavy (non-hydrogen) atoms. The Bertz CT molecular complexity index is 1200. The second-order valence-corrected chi connectivity index (χ2v) is 9.58. The molecule has 0 aliphatic carbocycles. The molecule has 2 aromatic carbocycles. The Balaban J connectivity index is 1.40. The van der Waals surface area contributed by atoms with E-state index in [1.807, 2.05) is 0 Å². The van der Waals surface area contributed by atoms with Crippen LogP contribution in [0.2, 0.25) is 0 Å². The van der Waals surface area contributed by atoms with Crippen LogP contribution >= 0.6 is 11.3 Å². The lowest BCUT2D eigenvalue weighted by molar-refractivity contribution is -0.116. The number of nitrogens with one attached hydrogen (secondary N) is 3. The molecule has 0 saturated carbocycles. The van der Waals surface area contributed by atoms with E-state index in [1.54, 1.807) is 42.5 Å². The highest BCUT2D eigenvalue weighted by Crippen LogP contribution is 2.16. The van der Waals surface area contributed by atoms with Gasteiger partial charge in [0.15, 0.2) is 0 Å². The molecule has 0 bridgehead atoms. The minimum Gasteiger partial charge on any atom is -0.497 e. The summed E-state index contributed by atoms with van der Waals surface area (Å²) in [4.78, 5) is 24.4. The third kappa shape index (κ3) is 7.34. The van der Waals surface area contributed by atoms with Gasteiger partial charge in [-0.2, -0.15) is 0 Å². The summed E-state index contributed by atoms with van der Waals surface area (Å²) >= 11 is 1.19. The van der Waals surface area contributed by atoms with E-state index in [0.29, 0.717) is 34.4 Å². The molecule has 0 radical (unpaired) electrons. The lowest BCUT2D eigenvalue weighted by Crippen LogP contribution is -2.27. The van der Waals surface area contributed by atoms with E-state index < -0.39 is 10.0 Å². The van der Waals surface area contributed by atoms with Crippen molar-refractivity contribution < 1.29 is 22.7 Å². The SMILES string of the molecule is COc1cccc(C(=O)NCCc2nnc(NC(=O)CCNS(=O)(=O)c3ccccc3)s2)c1. The van der Waals surface area contributed by atoms with Crippen LogP contribution in [-0.2, 0) is 21.2 Å². The first kappa shape index (κ1) is 24.3. The summed E-state index contributed by atoms with van der Waals surface area (Å²) in [5, 5.41) is 14.2. The number of methoxy groups -OCH3 is 1. The fourth-order valence-corrected chi connectivity index (χ4v) is 4.53. The van der Waals surface area contributed by atoms with Gasteiger partial charge < -0.3 is 15.4 Å². The second-order valence-electron chi connectivity index (χ2n) is 6.75. The van der Waals surface area contributed by atoms with Crippen LogP contribution in [0.15, 0.2) is 59.5 Å². The Morgan fingerprint density at radius 2 is 1.82 bits per heavy atom. The third-order valence-corrected chi connectivity index (χ3v) is 6.74. The average molecular weight is 490 g/mol. The van der Waals surface area contributed by atoms with Crippen molar-refractivity contribution in [1.82, 2.24) is 20.2 Å². The predicted molar refractivity (Wildman–Crippen MR) is 124 cm³/mol. The Morgan fingerprint density at radius 1 is 1.03 bits per heavy atom. The van der Waals surface area contributed by atoms with Crippen molar-refractivity contribution in [3.63, 3.8) is 0 Å². The number of ether oxygens (including phenoxy) is 1. The topological polar surface area (TPSA) is 139 Å². The number of rotatable bonds is 11. The van der Waals surface area contributed by atoms with Gasteiger partial charge in [0, 0.05) is 31.5 Å². The van der Waals surface area contributed by atoms with Gasteiger partial charge in [-0.15, -0.1) is 10.2 Å². The number of amides is 2. The van der Waals surface area contributed by atoms with Crippen molar-refractivity contribution in [2.75, 3.05) is 25.5 Å². The zero-order valence-corrected chi connectivity index (χ0v) is 19.4. The quantitative estimate of drug-likeness (QED) is 0.373. The maximum atomic E-state index is 12.2. The van der Waals surface area contributed by atoms with Crippen molar-refractivity contribution in [2.45, 2.75) is 17.7 Å². The second kappa shape index (κ2) is 11.5. The summed E-state index contributed by atoms with van der Waals surface area (Å²) in [6, 6.07) is 14.7. The summed E-state index contributed by atoms with van der Waals surface area (Å²) in [7, 11) is -2.13. The van der Waals surface area contributed by atoms with Crippen LogP contribution in [0.3, 0.4) is 0 Å². The molecular weight excluding hydrogens is 466 g/mol. The van der Waals surface area contributed by atoms with E-state index in [1.165, 1.54) is 30.6 Å². The fraction of sp³-hybridized carbons (Fsp3) is 0.238. The largest absolute Gasteiger partial charge is 0.497 e. The van der Waals surface area contributed by atoms with Crippen molar-refractivity contribution in [1.29, 1.82) is 0 Å². The Hall–Kier alpha value is -3.35. The summed E-state index contributed by atoms with van der Waals surface area (Å²) in [6.07, 6.45) is 0.387. The number of carbonyl (C=O) groups is 2. The van der Waals surface area contributed by atoms with Crippen LogP contribution in [0.25, 0.3) is 0 Å². The lowest BCUT2D eigenvalue weighted by Gasteiger charge is -2.06. The molecule has 12 heteroatoms. The molecule has 0 spiro atoms. The van der Waals surface area contributed by atoms with Crippen LogP contribution in [-0.4, -0.2) is 50.6 Å². The normalized spacial score (nSPS) is 11.1. The first-order valence-electron chi connectivity index (χ1n) is 9.96. The van der Waals surface area contributed by atoms with Gasteiger partial charge in [-0.25, -0.2) is 13.1 Å². The van der Waals surface area contributed by atoms with Crippen LogP contribution < -0.4 is 20.1 Å². The Labute approximate surface area is 195 Å². The van der Waals surface area contributed by atoms with Crippen molar-refractivity contribution in [3.8, 4) is 5.75 Å². The van der Waals surface area contributed by atoms with Gasteiger partial charge >= 0.3 is 0 Å². The highest BCUT2D eigenvalue weighted by atomic mass is 32.2. The van der Waals surface area contributed by atoms with Crippen molar-refractivity contribution in [2.24, 2.45) is 0 Å². The standard InChI is InChI=1S/C21H23N5O5S2/c1-31-16-7-5-6-15(14-16)20(28)22-12-11-19-25-26-21(32-19)24-18(27)10-13-23-33(29,30)17-8-3-2-4-9-17/h2-9,14,23H,10-13H2,1H3,(H,22,28)(H,24,26,27). The number of carbonyl (C=O) groups excluding carboxylic acids is 2. The lowest BCUT2D eigenvalue weighted by atomic mass is 10.2. The van der Waals surface area contributed by atoms with Crippen molar-refractivity contribution >= 4 is 38.3 Å². The molecule has 10 nitrogen and oxygen atoms in total. The molecule has 3 N–H and O–H groups in total. The molecule has 0 aliphatic heterocycles. The molecule has 174 valence electrons. The molecule has 0 saturated heterocycles. The number of nitrogens with zero attached hydrogens (tertiary/aromatic N) is 2. The molecule has 1 heterocycles. The molecule has 0 atom stereocenters. The number of benzene rings is 2. The monoisotopic (exact) mass is 489 g/mol. The molecule has 0 unspecified atom stereocenters. The molecular formula is C21H23N5O5S2. The number of aromatic nitrogens is 2. The van der Waals surface area contributed by atoms with E-state index >= 15 is 0 Å². The maximum absolute atomic E-state index is 12.2. The molecule has 0 aliphatic rings. The Morgan fingerprint density at radius 3 is 2.58 bits per heavy atom. The van der Waals surface area contributed by atoms with Gasteiger partial charge in [0.25, 0.3) is 5.91 Å². The smallest absolute Gasteiger partial charge is 0.251 e. The predicted octanol–water partition coefficient (Wildman–Crippen LogP) is 1.83. The third-order valence-electron chi connectivity index (χ3n) is 4.37. The first-order chi connectivity index (χ1) is 15.9. The van der Waals surface area contributed by atoms with Crippen molar-refractivity contribution in [3.05, 3.63) is 65.2 Å². The maximum Gasteiger partial charge on any atom is 0.251 e. The molecule has 2 amide bonds. The summed E-state index contributed by atoms with van der Waals surface area (Å²) in [6.45, 7) is 0.297. The first-order valence-corrected chi connectivity index (χ1v) is 12.3. The van der Waals surface area contributed by atoms with Crippen LogP contribution in [0.5, 0.6) is 5.75 Å². The average Bonchev–Trinajstić information content (AvgIpc) is 3.26. The minimum absolute atomic E-state index is 0.0506. The molecule has 3 rings (SSSR count). The van der Waals surface area contributed by atoms with Gasteiger partial charge in [0.1, 0.15) is 10.8 Å². The van der Waals surface area contributed by atoms with Crippen LogP contribution in [0.1, 0.15) is 21.8 Å². The van der Waals surface area contributed by atoms with E-state index in [9.17, 15) is 18.0 Å². The van der Waals surface area contributed by atoms with Gasteiger partial charge in [-0.3, -0.25) is 9.59 Å². The molecule has 1 aromatic heterocycles. The van der Waals surface area contributed by atoms with E-state index in [4.69, 9.17) is 4.74 Å². The van der Waals surface area contributed by atoms with Gasteiger partial charge in [-0.1, -0.05) is 35.6 Å². The minimum atomic E-state index is -3.66. The van der Waals surface area contributed by atoms with Crippen LogP contribution in [0.4, 0.5) is 5.13 Å². The zero-order valence-electron chi connectivity index (χ0n) is 17.8. The number of anilines is 1. The van der Waals surface area contributed by atoms with Gasteiger partial charge in [0.05, 0.1) is 12.0 Å². The summed E-state index contributed by atoms with van der Waals surface area (Å²) in [5.41, 5.74) is 0.488. The molecule has 0 fully saturated rings. The number of hydrogen-bond acceptors (Lipinski definition) is 8.